The molecule has 2 aromatic heterocycles. The minimum absolute atomic E-state index is 0.111. The predicted molar refractivity (Wildman–Crippen MR) is 117 cm³/mol. The number of piperidine rings is 1. The van der Waals surface area contributed by atoms with Crippen molar-refractivity contribution in [1.82, 2.24) is 14.9 Å². The number of benzene rings is 1. The summed E-state index contributed by atoms with van der Waals surface area (Å²) in [6, 6.07) is 13.0. The third-order valence-electron chi connectivity index (χ3n) is 5.69. The summed E-state index contributed by atoms with van der Waals surface area (Å²) in [4.78, 5) is 25.5. The second-order valence-electron chi connectivity index (χ2n) is 8.01. The number of hydrogen-bond acceptors (Lipinski definition) is 6. The Morgan fingerprint density at radius 2 is 2.00 bits per heavy atom. The number of aliphatic hydroxyl groups is 1. The lowest BCUT2D eigenvalue weighted by Crippen LogP contribution is -2.54. The Hall–Kier alpha value is -3.03. The molecule has 7 heteroatoms. The van der Waals surface area contributed by atoms with Gasteiger partial charge in [-0.1, -0.05) is 12.1 Å². The first-order chi connectivity index (χ1) is 14.5. The van der Waals surface area contributed by atoms with Gasteiger partial charge in [-0.25, -0.2) is 0 Å². The number of carbonyl (C=O) groups is 1. The average Bonchev–Trinajstić information content (AvgIpc) is 2.78. The van der Waals surface area contributed by atoms with E-state index < -0.39 is 5.60 Å². The Morgan fingerprint density at radius 3 is 2.77 bits per heavy atom. The second kappa shape index (κ2) is 8.38. The molecule has 1 atom stereocenters. The number of likely N-dealkylation sites (N-methyl/N-ethyl adjacent to an activating group) is 1. The van der Waals surface area contributed by atoms with Crippen LogP contribution in [-0.2, 0) is 6.54 Å². The van der Waals surface area contributed by atoms with E-state index in [9.17, 15) is 9.90 Å². The van der Waals surface area contributed by atoms with Gasteiger partial charge in [0.15, 0.2) is 0 Å². The molecule has 3 N–H and O–H groups in total. The number of amides is 1. The van der Waals surface area contributed by atoms with Crippen molar-refractivity contribution >= 4 is 22.6 Å². The summed E-state index contributed by atoms with van der Waals surface area (Å²) in [5, 5.41) is 11.3. The fourth-order valence-electron chi connectivity index (χ4n) is 4.18. The third-order valence-corrected chi connectivity index (χ3v) is 5.69. The quantitative estimate of drug-likeness (QED) is 0.676. The molecule has 0 unspecified atom stereocenters. The van der Waals surface area contributed by atoms with Crippen LogP contribution in [0.15, 0.2) is 54.9 Å². The van der Waals surface area contributed by atoms with E-state index in [1.54, 1.807) is 36.5 Å². The largest absolute Gasteiger partial charge is 0.386 e. The van der Waals surface area contributed by atoms with Crippen molar-refractivity contribution in [1.29, 1.82) is 0 Å². The smallest absolute Gasteiger partial charge is 0.253 e. The zero-order chi connectivity index (χ0) is 21.1. The van der Waals surface area contributed by atoms with Crippen LogP contribution in [-0.4, -0.2) is 58.2 Å². The Morgan fingerprint density at radius 1 is 1.20 bits per heavy atom. The van der Waals surface area contributed by atoms with Crippen LogP contribution in [0.1, 0.15) is 28.8 Å². The summed E-state index contributed by atoms with van der Waals surface area (Å²) in [6.45, 7) is 1.97. The molecule has 3 heterocycles. The molecule has 1 saturated heterocycles. The van der Waals surface area contributed by atoms with Crippen molar-refractivity contribution < 1.29 is 9.90 Å². The van der Waals surface area contributed by atoms with Gasteiger partial charge in [0, 0.05) is 44.6 Å². The van der Waals surface area contributed by atoms with Crippen LogP contribution < -0.4 is 10.6 Å². The summed E-state index contributed by atoms with van der Waals surface area (Å²) in [7, 11) is 1.74. The molecule has 1 aromatic carbocycles. The van der Waals surface area contributed by atoms with E-state index in [0.29, 0.717) is 25.1 Å². The fraction of sp³-hybridized carbons (Fsp3) is 0.348. The summed E-state index contributed by atoms with van der Waals surface area (Å²) < 4.78 is 0. The van der Waals surface area contributed by atoms with Gasteiger partial charge in [0.05, 0.1) is 23.3 Å². The molecule has 0 bridgehead atoms. The average molecular weight is 406 g/mol. The summed E-state index contributed by atoms with van der Waals surface area (Å²) in [5.74, 6) is -0.111. The number of hydrogen-bond donors (Lipinski definition) is 2. The molecule has 1 aliphatic heterocycles. The lowest BCUT2D eigenvalue weighted by Gasteiger charge is -2.42. The first-order valence-corrected chi connectivity index (χ1v) is 10.2. The van der Waals surface area contributed by atoms with Crippen LogP contribution in [0.5, 0.6) is 0 Å². The molecule has 1 amide bonds. The number of anilines is 1. The van der Waals surface area contributed by atoms with Crippen molar-refractivity contribution in [3.05, 3.63) is 66.0 Å². The maximum atomic E-state index is 12.8. The van der Waals surface area contributed by atoms with Crippen molar-refractivity contribution in [2.45, 2.75) is 25.0 Å². The Kier molecular flexibility index (Phi) is 5.65. The number of aromatic nitrogens is 2. The van der Waals surface area contributed by atoms with Crippen LogP contribution in [0.3, 0.4) is 0 Å². The van der Waals surface area contributed by atoms with E-state index in [0.717, 1.165) is 35.2 Å². The third kappa shape index (κ3) is 4.13. The van der Waals surface area contributed by atoms with Gasteiger partial charge < -0.3 is 20.6 Å². The van der Waals surface area contributed by atoms with E-state index in [1.165, 1.54) is 0 Å². The highest BCUT2D eigenvalue weighted by atomic mass is 16.3. The van der Waals surface area contributed by atoms with Crippen LogP contribution in [0.25, 0.3) is 11.0 Å². The molecule has 0 aliphatic carbocycles. The van der Waals surface area contributed by atoms with Crippen molar-refractivity contribution in [3.8, 4) is 0 Å². The van der Waals surface area contributed by atoms with Crippen LogP contribution in [0.4, 0.5) is 5.69 Å². The highest BCUT2D eigenvalue weighted by molar-refractivity contribution is 5.94. The first kappa shape index (κ1) is 20.3. The molecule has 1 aliphatic rings. The lowest BCUT2D eigenvalue weighted by atomic mass is 9.91. The molecular formula is C23H27N5O2. The highest BCUT2D eigenvalue weighted by Gasteiger charge is 2.36. The maximum Gasteiger partial charge on any atom is 0.253 e. The number of nitrogens with zero attached hydrogens (tertiary/aromatic N) is 4. The molecule has 0 spiro atoms. The number of fused-ring (bicyclic) bond motifs is 1. The van der Waals surface area contributed by atoms with Gasteiger partial charge in [-0.05, 0) is 48.7 Å². The fourth-order valence-corrected chi connectivity index (χ4v) is 4.18. The predicted octanol–water partition coefficient (Wildman–Crippen LogP) is 2.19. The van der Waals surface area contributed by atoms with Crippen LogP contribution in [0, 0.1) is 0 Å². The van der Waals surface area contributed by atoms with Crippen LogP contribution >= 0.6 is 0 Å². The number of β-amino-alcohol motifs (C(OH)–C–C–N with tert-alkyl or cyclic N) is 1. The molecule has 156 valence electrons. The van der Waals surface area contributed by atoms with E-state index in [1.807, 2.05) is 30.3 Å². The number of carbonyl (C=O) groups excluding carboxylic acids is 1. The van der Waals surface area contributed by atoms with Crippen molar-refractivity contribution in [2.24, 2.45) is 5.73 Å². The first-order valence-electron chi connectivity index (χ1n) is 10.2. The monoisotopic (exact) mass is 405 g/mol. The second-order valence-corrected chi connectivity index (χ2v) is 8.01. The highest BCUT2D eigenvalue weighted by Crippen LogP contribution is 2.30. The van der Waals surface area contributed by atoms with E-state index in [2.05, 4.69) is 14.9 Å². The molecule has 0 radical (unpaired) electrons. The molecule has 4 rings (SSSR count). The van der Waals surface area contributed by atoms with Gasteiger partial charge in [-0.3, -0.25) is 14.8 Å². The van der Waals surface area contributed by atoms with Crippen LogP contribution in [0.2, 0.25) is 0 Å². The Labute approximate surface area is 176 Å². The molecule has 7 nitrogen and oxygen atoms in total. The molecule has 0 saturated carbocycles. The number of pyridine rings is 2. The van der Waals surface area contributed by atoms with Gasteiger partial charge in [0.2, 0.25) is 0 Å². The normalized spacial score (nSPS) is 19.1. The van der Waals surface area contributed by atoms with Crippen molar-refractivity contribution in [3.63, 3.8) is 0 Å². The van der Waals surface area contributed by atoms with Gasteiger partial charge in [0.25, 0.3) is 5.91 Å². The molecule has 30 heavy (non-hydrogen) atoms. The van der Waals surface area contributed by atoms with E-state index >= 15 is 0 Å². The summed E-state index contributed by atoms with van der Waals surface area (Å²) in [5.41, 5.74) is 8.83. The standard InChI is InChI=1S/C23H27N5O2/c1-27(22(29)18-7-5-17(14-24)6-8-18)15-23(30)10-3-13-28(16-23)20-9-12-25-19-4-2-11-26-21(19)20/h2,4-9,11-12,30H,3,10,13-16,24H2,1H3/t23-/m0/s1. The molecule has 1 fully saturated rings. The van der Waals surface area contributed by atoms with E-state index in [-0.39, 0.29) is 12.5 Å². The van der Waals surface area contributed by atoms with Gasteiger partial charge in [-0.15, -0.1) is 0 Å². The summed E-state index contributed by atoms with van der Waals surface area (Å²) in [6.07, 6.45) is 5.00. The number of rotatable bonds is 5. The SMILES string of the molecule is CN(C[C@@]1(O)CCCN(c2ccnc3cccnc23)C1)C(=O)c1ccc(CN)cc1. The maximum absolute atomic E-state index is 12.8. The Balaban J connectivity index is 1.50. The molecule has 3 aromatic rings. The van der Waals surface area contributed by atoms with Gasteiger partial charge in [-0.2, -0.15) is 0 Å². The topological polar surface area (TPSA) is 95.6 Å². The zero-order valence-electron chi connectivity index (χ0n) is 17.2. The minimum Gasteiger partial charge on any atom is -0.386 e. The van der Waals surface area contributed by atoms with E-state index in [4.69, 9.17) is 5.73 Å². The zero-order valence-corrected chi connectivity index (χ0v) is 17.2. The lowest BCUT2D eigenvalue weighted by molar-refractivity contribution is 0.0000625. The van der Waals surface area contributed by atoms with Gasteiger partial charge in [0.1, 0.15) is 5.52 Å². The number of nitrogens with two attached hydrogens (primary N) is 1. The summed E-state index contributed by atoms with van der Waals surface area (Å²) >= 11 is 0. The molecular weight excluding hydrogens is 378 g/mol. The Bertz CT molecular complexity index is 1030. The van der Waals surface area contributed by atoms with Crippen molar-refractivity contribution in [2.75, 3.05) is 31.6 Å². The minimum atomic E-state index is -0.996. The van der Waals surface area contributed by atoms with Gasteiger partial charge >= 0.3 is 0 Å².